The van der Waals surface area contributed by atoms with Crippen LogP contribution in [0.1, 0.15) is 38.8 Å². The third-order valence-electron chi connectivity index (χ3n) is 5.05. The molecule has 2 unspecified atom stereocenters. The molecule has 0 aliphatic carbocycles. The van der Waals surface area contributed by atoms with Gasteiger partial charge in [-0.05, 0) is 50.6 Å². The molecule has 2 aromatic carbocycles. The number of carbonyl (C=O) groups is 4. The van der Waals surface area contributed by atoms with Crippen molar-refractivity contribution in [1.82, 2.24) is 10.2 Å². The fourth-order valence-electron chi connectivity index (χ4n) is 3.52. The van der Waals surface area contributed by atoms with Crippen molar-refractivity contribution in [1.29, 1.82) is 0 Å². The first-order valence-corrected chi connectivity index (χ1v) is 11.6. The van der Waals surface area contributed by atoms with Crippen molar-refractivity contribution >= 4 is 29.5 Å². The van der Waals surface area contributed by atoms with Gasteiger partial charge < -0.3 is 35.8 Å². The number of primary amides is 1. The van der Waals surface area contributed by atoms with Crippen LogP contribution >= 0.6 is 0 Å². The van der Waals surface area contributed by atoms with Crippen molar-refractivity contribution in [3.05, 3.63) is 60.2 Å². The van der Waals surface area contributed by atoms with E-state index in [0.29, 0.717) is 17.0 Å². The number of nitrogens with zero attached hydrogens (tertiary/aromatic N) is 1. The summed E-state index contributed by atoms with van der Waals surface area (Å²) in [5.74, 6) is -1.62. The number of alkyl carbamates (subject to hydrolysis) is 1. The van der Waals surface area contributed by atoms with Gasteiger partial charge in [-0.2, -0.15) is 0 Å². The van der Waals surface area contributed by atoms with E-state index in [1.54, 1.807) is 75.4 Å². The molecule has 0 heterocycles. The largest absolute Gasteiger partial charge is 0.497 e. The first-order valence-electron chi connectivity index (χ1n) is 11.6. The van der Waals surface area contributed by atoms with Gasteiger partial charge in [0.25, 0.3) is 5.91 Å². The molecule has 0 radical (unpaired) electrons. The SMILES string of the molecule is COc1ccc(NC(=O)C(c2ccccc2)N(CCO)C(=O)C(CC(N)=O)NC(=O)OC(C)(C)C)cc1. The molecule has 0 saturated heterocycles. The number of ether oxygens (including phenoxy) is 2. The molecular formula is C26H34N4O7. The second-order valence-corrected chi connectivity index (χ2v) is 9.16. The van der Waals surface area contributed by atoms with Crippen LogP contribution in [-0.2, 0) is 19.1 Å². The third-order valence-corrected chi connectivity index (χ3v) is 5.05. The van der Waals surface area contributed by atoms with Crippen molar-refractivity contribution in [2.75, 3.05) is 25.6 Å². The average Bonchev–Trinajstić information content (AvgIpc) is 2.82. The van der Waals surface area contributed by atoms with Crippen molar-refractivity contribution in [3.8, 4) is 5.75 Å². The smallest absolute Gasteiger partial charge is 0.408 e. The average molecular weight is 515 g/mol. The summed E-state index contributed by atoms with van der Waals surface area (Å²) in [6.45, 7) is 4.18. The number of aliphatic hydroxyl groups excluding tert-OH is 1. The number of benzene rings is 2. The van der Waals surface area contributed by atoms with Crippen molar-refractivity contribution in [2.24, 2.45) is 5.73 Å². The van der Waals surface area contributed by atoms with E-state index in [0.717, 1.165) is 4.90 Å². The number of rotatable bonds is 11. The molecule has 0 spiro atoms. The Bertz CT molecular complexity index is 1070. The second-order valence-electron chi connectivity index (χ2n) is 9.16. The Balaban J connectivity index is 2.43. The summed E-state index contributed by atoms with van der Waals surface area (Å²) in [5, 5.41) is 14.9. The number of nitrogens with one attached hydrogen (secondary N) is 2. The first kappa shape index (κ1) is 29.1. The summed E-state index contributed by atoms with van der Waals surface area (Å²) in [6.07, 6.45) is -1.48. The van der Waals surface area contributed by atoms with Gasteiger partial charge in [0, 0.05) is 12.2 Å². The van der Waals surface area contributed by atoms with E-state index in [9.17, 15) is 24.3 Å². The zero-order valence-electron chi connectivity index (χ0n) is 21.4. The van der Waals surface area contributed by atoms with Gasteiger partial charge in [-0.3, -0.25) is 14.4 Å². The summed E-state index contributed by atoms with van der Waals surface area (Å²) < 4.78 is 10.4. The maximum absolute atomic E-state index is 13.7. The zero-order chi connectivity index (χ0) is 27.6. The molecule has 2 rings (SSSR count). The Labute approximate surface area is 215 Å². The molecule has 0 fully saturated rings. The summed E-state index contributed by atoms with van der Waals surface area (Å²) in [7, 11) is 1.52. The Morgan fingerprint density at radius 2 is 1.65 bits per heavy atom. The molecule has 0 saturated carbocycles. The fourth-order valence-corrected chi connectivity index (χ4v) is 3.52. The van der Waals surface area contributed by atoms with Crippen LogP contribution in [0.3, 0.4) is 0 Å². The minimum atomic E-state index is -1.43. The van der Waals surface area contributed by atoms with Crippen molar-refractivity contribution < 1.29 is 33.8 Å². The first-order chi connectivity index (χ1) is 17.4. The number of aliphatic hydroxyl groups is 1. The molecule has 11 nitrogen and oxygen atoms in total. The standard InChI is InChI=1S/C26H34N4O7/c1-26(2,3)37-25(35)29-20(16-21(27)32)24(34)30(14-15-31)22(17-8-6-5-7-9-17)23(33)28-18-10-12-19(36-4)13-11-18/h5-13,20,22,31H,14-16H2,1-4H3,(H2,27,32)(H,28,33)(H,29,35). The summed E-state index contributed by atoms with van der Waals surface area (Å²) in [6, 6.07) is 12.4. The highest BCUT2D eigenvalue weighted by Gasteiger charge is 2.36. The van der Waals surface area contributed by atoms with Crippen LogP contribution in [0.25, 0.3) is 0 Å². The van der Waals surface area contributed by atoms with Crippen LogP contribution in [0, 0.1) is 0 Å². The minimum Gasteiger partial charge on any atom is -0.497 e. The topological polar surface area (TPSA) is 160 Å². The predicted molar refractivity (Wildman–Crippen MR) is 137 cm³/mol. The van der Waals surface area contributed by atoms with Crippen LogP contribution in [0.15, 0.2) is 54.6 Å². The molecule has 37 heavy (non-hydrogen) atoms. The van der Waals surface area contributed by atoms with Crippen LogP contribution < -0.4 is 21.1 Å². The van der Waals surface area contributed by atoms with E-state index in [4.69, 9.17) is 15.2 Å². The summed E-state index contributed by atoms with van der Waals surface area (Å²) in [4.78, 5) is 52.4. The Morgan fingerprint density at radius 1 is 1.03 bits per heavy atom. The molecule has 0 aliphatic rings. The van der Waals surface area contributed by atoms with Gasteiger partial charge in [0.2, 0.25) is 11.8 Å². The molecule has 5 N–H and O–H groups in total. The van der Waals surface area contributed by atoms with Gasteiger partial charge in [-0.25, -0.2) is 4.79 Å². The normalized spacial score (nSPS) is 12.6. The van der Waals surface area contributed by atoms with Gasteiger partial charge in [0.05, 0.1) is 20.1 Å². The fraction of sp³-hybridized carbons (Fsp3) is 0.385. The number of hydrogen-bond donors (Lipinski definition) is 4. The molecule has 11 heteroatoms. The Kier molecular flexibility index (Phi) is 10.4. The number of anilines is 1. The predicted octanol–water partition coefficient (Wildman–Crippen LogP) is 1.96. The van der Waals surface area contributed by atoms with Crippen LogP contribution in [0.4, 0.5) is 10.5 Å². The lowest BCUT2D eigenvalue weighted by molar-refractivity contribution is -0.142. The Hall–Kier alpha value is -4.12. The molecule has 0 aliphatic heterocycles. The maximum atomic E-state index is 13.7. The maximum Gasteiger partial charge on any atom is 0.408 e. The van der Waals surface area contributed by atoms with E-state index < -0.39 is 54.5 Å². The molecule has 2 aromatic rings. The number of carbonyl (C=O) groups excluding carboxylic acids is 4. The molecule has 4 amide bonds. The van der Waals surface area contributed by atoms with Gasteiger partial charge >= 0.3 is 6.09 Å². The number of amides is 4. The summed E-state index contributed by atoms with van der Waals surface area (Å²) in [5.41, 5.74) is 5.38. The third kappa shape index (κ3) is 9.12. The molecule has 0 aromatic heterocycles. The van der Waals surface area contributed by atoms with Gasteiger partial charge in [-0.1, -0.05) is 30.3 Å². The quantitative estimate of drug-likeness (QED) is 0.356. The van der Waals surface area contributed by atoms with Gasteiger partial charge in [-0.15, -0.1) is 0 Å². The van der Waals surface area contributed by atoms with Crippen LogP contribution in [-0.4, -0.2) is 65.7 Å². The molecular weight excluding hydrogens is 480 g/mol. The van der Waals surface area contributed by atoms with E-state index in [1.165, 1.54) is 7.11 Å². The highest BCUT2D eigenvalue weighted by Crippen LogP contribution is 2.25. The Morgan fingerprint density at radius 3 is 2.16 bits per heavy atom. The van der Waals surface area contributed by atoms with E-state index in [-0.39, 0.29) is 6.54 Å². The number of nitrogens with two attached hydrogens (primary N) is 1. The lowest BCUT2D eigenvalue weighted by Crippen LogP contribution is -2.54. The highest BCUT2D eigenvalue weighted by molar-refractivity contribution is 5.99. The van der Waals surface area contributed by atoms with E-state index in [2.05, 4.69) is 10.6 Å². The monoisotopic (exact) mass is 514 g/mol. The lowest BCUT2D eigenvalue weighted by Gasteiger charge is -2.34. The lowest BCUT2D eigenvalue weighted by atomic mass is 10.0. The van der Waals surface area contributed by atoms with Crippen LogP contribution in [0.2, 0.25) is 0 Å². The number of hydrogen-bond acceptors (Lipinski definition) is 7. The van der Waals surface area contributed by atoms with E-state index in [1.807, 2.05) is 0 Å². The van der Waals surface area contributed by atoms with Crippen molar-refractivity contribution in [3.63, 3.8) is 0 Å². The second kappa shape index (κ2) is 13.3. The molecule has 200 valence electrons. The minimum absolute atomic E-state index is 0.264. The summed E-state index contributed by atoms with van der Waals surface area (Å²) >= 11 is 0. The van der Waals surface area contributed by atoms with Gasteiger partial charge in [0.1, 0.15) is 23.4 Å². The zero-order valence-corrected chi connectivity index (χ0v) is 21.4. The number of methoxy groups -OCH3 is 1. The van der Waals surface area contributed by atoms with Gasteiger partial charge in [0.15, 0.2) is 0 Å². The molecule has 2 atom stereocenters. The highest BCUT2D eigenvalue weighted by atomic mass is 16.6. The van der Waals surface area contributed by atoms with Crippen molar-refractivity contribution in [2.45, 2.75) is 44.9 Å². The van der Waals surface area contributed by atoms with E-state index >= 15 is 0 Å². The molecule has 0 bridgehead atoms. The van der Waals surface area contributed by atoms with Crippen LogP contribution in [0.5, 0.6) is 5.75 Å².